The van der Waals surface area contributed by atoms with Crippen LogP contribution >= 0.6 is 0 Å². The van der Waals surface area contributed by atoms with Crippen molar-refractivity contribution in [2.24, 2.45) is 0 Å². The minimum absolute atomic E-state index is 0.485. The van der Waals surface area contributed by atoms with Gasteiger partial charge in [-0.25, -0.2) is 0 Å². The Morgan fingerprint density at radius 3 is 2.06 bits per heavy atom. The van der Waals surface area contributed by atoms with Crippen LogP contribution in [0.3, 0.4) is 0 Å². The fourth-order valence-electron chi connectivity index (χ4n) is 4.87. The van der Waals surface area contributed by atoms with E-state index in [9.17, 15) is 0 Å². The zero-order chi connectivity index (χ0) is 24.3. The first-order chi connectivity index (χ1) is 17.3. The summed E-state index contributed by atoms with van der Waals surface area (Å²) in [5.41, 5.74) is 2.27. The van der Waals surface area contributed by atoms with Gasteiger partial charge < -0.3 is 14.2 Å². The second-order valence-corrected chi connectivity index (χ2v) is 9.22. The normalized spacial score (nSPS) is 16.6. The molecule has 0 saturated heterocycles. The topological polar surface area (TPSA) is 27.7 Å². The van der Waals surface area contributed by atoms with Gasteiger partial charge in [0, 0.05) is 5.56 Å². The maximum Gasteiger partial charge on any atom is 0.221 e. The van der Waals surface area contributed by atoms with Crippen molar-refractivity contribution < 1.29 is 14.2 Å². The van der Waals surface area contributed by atoms with Gasteiger partial charge in [-0.3, -0.25) is 0 Å². The summed E-state index contributed by atoms with van der Waals surface area (Å²) in [7, 11) is 1.69. The fourth-order valence-corrected chi connectivity index (χ4v) is 4.87. The Morgan fingerprint density at radius 2 is 1.43 bits per heavy atom. The Balaban J connectivity index is 1.60. The van der Waals surface area contributed by atoms with Crippen LogP contribution in [0.4, 0.5) is 0 Å². The Bertz CT molecular complexity index is 1020. The Kier molecular flexibility index (Phi) is 9.02. The standard InChI is InChI=1S/C32H38O3/c1-3-4-5-6-7-8-9-10-17-22-31-34-30-24-23-28(33-2)25-29(30)32(35-31,26-18-13-11-14-19-26)27-20-15-12-16-21-27/h11-25,31H,3-10H2,1-2H3/b22-17+. The van der Waals surface area contributed by atoms with Crippen molar-refractivity contribution in [1.82, 2.24) is 0 Å². The summed E-state index contributed by atoms with van der Waals surface area (Å²) in [4.78, 5) is 0. The number of benzene rings is 3. The summed E-state index contributed by atoms with van der Waals surface area (Å²) in [6.07, 6.45) is 14.0. The number of ether oxygens (including phenoxy) is 3. The predicted molar refractivity (Wildman–Crippen MR) is 143 cm³/mol. The predicted octanol–water partition coefficient (Wildman–Crippen LogP) is 8.42. The molecule has 3 heteroatoms. The van der Waals surface area contributed by atoms with Gasteiger partial charge in [-0.05, 0) is 48.2 Å². The lowest BCUT2D eigenvalue weighted by atomic mass is 9.79. The molecule has 1 unspecified atom stereocenters. The van der Waals surface area contributed by atoms with Crippen molar-refractivity contribution in [3.63, 3.8) is 0 Å². The number of allylic oxidation sites excluding steroid dienone is 1. The van der Waals surface area contributed by atoms with Crippen LogP contribution in [0.25, 0.3) is 0 Å². The van der Waals surface area contributed by atoms with Gasteiger partial charge in [0.25, 0.3) is 0 Å². The molecule has 0 spiro atoms. The molecular weight excluding hydrogens is 432 g/mol. The summed E-state index contributed by atoms with van der Waals surface area (Å²) in [6.45, 7) is 2.26. The van der Waals surface area contributed by atoms with E-state index < -0.39 is 11.9 Å². The lowest BCUT2D eigenvalue weighted by Gasteiger charge is -2.42. The Morgan fingerprint density at radius 1 is 0.800 bits per heavy atom. The first-order valence-corrected chi connectivity index (χ1v) is 13.1. The quantitative estimate of drug-likeness (QED) is 0.196. The maximum absolute atomic E-state index is 6.88. The lowest BCUT2D eigenvalue weighted by molar-refractivity contribution is -0.136. The van der Waals surface area contributed by atoms with Gasteiger partial charge in [-0.15, -0.1) is 0 Å². The summed E-state index contributed by atoms with van der Waals surface area (Å²) in [6, 6.07) is 26.8. The number of rotatable bonds is 12. The van der Waals surface area contributed by atoms with Gasteiger partial charge in [0.05, 0.1) is 7.11 Å². The molecule has 0 fully saturated rings. The van der Waals surface area contributed by atoms with Crippen LogP contribution in [0.2, 0.25) is 0 Å². The van der Waals surface area contributed by atoms with E-state index >= 15 is 0 Å². The molecule has 4 rings (SSSR count). The number of hydrogen-bond acceptors (Lipinski definition) is 3. The fraction of sp³-hybridized carbons (Fsp3) is 0.375. The minimum atomic E-state index is -0.807. The second kappa shape index (κ2) is 12.6. The van der Waals surface area contributed by atoms with Crippen LogP contribution in [-0.4, -0.2) is 13.4 Å². The van der Waals surface area contributed by atoms with Crippen molar-refractivity contribution >= 4 is 0 Å². The van der Waals surface area contributed by atoms with Crippen LogP contribution in [-0.2, 0) is 10.3 Å². The highest BCUT2D eigenvalue weighted by Gasteiger charge is 2.45. The second-order valence-electron chi connectivity index (χ2n) is 9.22. The van der Waals surface area contributed by atoms with Crippen molar-refractivity contribution in [3.8, 4) is 11.5 Å². The van der Waals surface area contributed by atoms with E-state index in [0.717, 1.165) is 34.6 Å². The molecular formula is C32H38O3. The van der Waals surface area contributed by atoms with E-state index in [0.29, 0.717) is 0 Å². The molecule has 3 aromatic carbocycles. The lowest BCUT2D eigenvalue weighted by Crippen LogP contribution is -2.42. The summed E-state index contributed by atoms with van der Waals surface area (Å²) < 4.78 is 18.8. The van der Waals surface area contributed by atoms with Gasteiger partial charge in [0.1, 0.15) is 11.5 Å². The van der Waals surface area contributed by atoms with Gasteiger partial charge in [-0.2, -0.15) is 0 Å². The molecule has 35 heavy (non-hydrogen) atoms. The molecule has 0 saturated carbocycles. The largest absolute Gasteiger partial charge is 0.497 e. The molecule has 1 aliphatic rings. The average molecular weight is 471 g/mol. The van der Waals surface area contributed by atoms with E-state index in [2.05, 4.69) is 67.6 Å². The number of unbranched alkanes of at least 4 members (excludes halogenated alkanes) is 7. The molecule has 1 heterocycles. The van der Waals surface area contributed by atoms with Crippen LogP contribution in [0.1, 0.15) is 75.0 Å². The van der Waals surface area contributed by atoms with E-state index in [-0.39, 0.29) is 0 Å². The van der Waals surface area contributed by atoms with Gasteiger partial charge in [0.15, 0.2) is 5.60 Å². The third kappa shape index (κ3) is 5.97. The van der Waals surface area contributed by atoms with Gasteiger partial charge in [0.2, 0.25) is 6.29 Å². The highest BCUT2D eigenvalue weighted by atomic mass is 16.7. The molecule has 0 aromatic heterocycles. The van der Waals surface area contributed by atoms with E-state index in [1.54, 1.807) is 7.11 Å². The zero-order valence-electron chi connectivity index (χ0n) is 21.1. The molecule has 0 bridgehead atoms. The average Bonchev–Trinajstić information content (AvgIpc) is 2.92. The van der Waals surface area contributed by atoms with E-state index in [1.165, 1.54) is 44.9 Å². The smallest absolute Gasteiger partial charge is 0.221 e. The Labute approximate surface area is 210 Å². The first-order valence-electron chi connectivity index (χ1n) is 13.1. The summed E-state index contributed by atoms with van der Waals surface area (Å²) in [5, 5.41) is 0. The highest BCUT2D eigenvalue weighted by Crippen LogP contribution is 2.49. The highest BCUT2D eigenvalue weighted by molar-refractivity contribution is 5.56. The number of methoxy groups -OCH3 is 1. The third-order valence-electron chi connectivity index (χ3n) is 6.73. The van der Waals surface area contributed by atoms with Gasteiger partial charge in [-0.1, -0.05) is 112 Å². The number of hydrogen-bond donors (Lipinski definition) is 0. The molecule has 0 amide bonds. The molecule has 3 aromatic rings. The molecule has 0 N–H and O–H groups in total. The molecule has 3 nitrogen and oxygen atoms in total. The molecule has 0 aliphatic carbocycles. The first kappa shape index (κ1) is 25.1. The molecule has 184 valence electrons. The monoisotopic (exact) mass is 470 g/mol. The SMILES string of the molecule is CCCCCCCCC/C=C/C1Oc2ccc(OC)cc2C(c2ccccc2)(c2ccccc2)O1. The van der Waals surface area contributed by atoms with Gasteiger partial charge >= 0.3 is 0 Å². The Hall–Kier alpha value is -3.04. The zero-order valence-corrected chi connectivity index (χ0v) is 21.1. The molecule has 0 radical (unpaired) electrons. The van der Waals surface area contributed by atoms with Crippen LogP contribution in [0.15, 0.2) is 91.0 Å². The van der Waals surface area contributed by atoms with Crippen LogP contribution < -0.4 is 9.47 Å². The third-order valence-corrected chi connectivity index (χ3v) is 6.73. The van der Waals surface area contributed by atoms with Crippen molar-refractivity contribution in [1.29, 1.82) is 0 Å². The van der Waals surface area contributed by atoms with Crippen LogP contribution in [0, 0.1) is 0 Å². The van der Waals surface area contributed by atoms with E-state index in [4.69, 9.17) is 14.2 Å². The van der Waals surface area contributed by atoms with Crippen LogP contribution in [0.5, 0.6) is 11.5 Å². The van der Waals surface area contributed by atoms with E-state index in [1.807, 2.05) is 30.3 Å². The summed E-state index contributed by atoms with van der Waals surface area (Å²) in [5.74, 6) is 1.59. The molecule has 1 aliphatic heterocycles. The van der Waals surface area contributed by atoms with Crippen molar-refractivity contribution in [2.75, 3.05) is 7.11 Å². The maximum atomic E-state index is 6.88. The number of fused-ring (bicyclic) bond motifs is 1. The summed E-state index contributed by atoms with van der Waals surface area (Å²) >= 11 is 0. The molecule has 1 atom stereocenters. The van der Waals surface area contributed by atoms with Crippen molar-refractivity contribution in [2.45, 2.75) is 70.2 Å². The van der Waals surface area contributed by atoms with Crippen molar-refractivity contribution in [3.05, 3.63) is 108 Å². The minimum Gasteiger partial charge on any atom is -0.497 e.